The number of amides is 1. The largest absolute Gasteiger partial charge is 0.497 e. The van der Waals surface area contributed by atoms with Crippen LogP contribution in [0.3, 0.4) is 0 Å². The topological polar surface area (TPSA) is 93.7 Å². The standard InChI is InChI=1S/C23H24N2O5S2/c1-16-4-11-20(12-5-16)32(27,28)25-17-6-9-19(10-7-17)31-15-23(26)24-21-13-8-18(29-2)14-22(21)30-3/h4-14,25H,15H2,1-3H3,(H,24,26). The van der Waals surface area contributed by atoms with Crippen molar-refractivity contribution in [3.8, 4) is 11.5 Å². The zero-order valence-corrected chi connectivity index (χ0v) is 19.5. The number of anilines is 2. The van der Waals surface area contributed by atoms with Crippen LogP contribution in [0, 0.1) is 6.92 Å². The lowest BCUT2D eigenvalue weighted by Gasteiger charge is -2.12. The molecular weight excluding hydrogens is 448 g/mol. The number of ether oxygens (including phenoxy) is 2. The number of hydrogen-bond acceptors (Lipinski definition) is 6. The zero-order valence-electron chi connectivity index (χ0n) is 17.9. The predicted octanol–water partition coefficient (Wildman–Crippen LogP) is 4.54. The molecule has 0 aliphatic rings. The number of rotatable bonds is 9. The molecule has 0 unspecified atom stereocenters. The summed E-state index contributed by atoms with van der Waals surface area (Å²) >= 11 is 1.34. The van der Waals surface area contributed by atoms with Gasteiger partial charge in [0.1, 0.15) is 11.5 Å². The van der Waals surface area contributed by atoms with Gasteiger partial charge in [0.05, 0.1) is 30.6 Å². The Kier molecular flexibility index (Phi) is 7.66. The number of hydrogen-bond donors (Lipinski definition) is 2. The Bertz CT molecular complexity index is 1180. The third-order valence-corrected chi connectivity index (χ3v) is 6.90. The van der Waals surface area contributed by atoms with E-state index in [1.165, 1.54) is 18.9 Å². The first-order valence-corrected chi connectivity index (χ1v) is 12.1. The number of nitrogens with one attached hydrogen (secondary N) is 2. The fraction of sp³-hybridized carbons (Fsp3) is 0.174. The Balaban J connectivity index is 1.57. The molecule has 0 heterocycles. The first-order valence-electron chi connectivity index (χ1n) is 9.65. The molecular formula is C23H24N2O5S2. The minimum Gasteiger partial charge on any atom is -0.497 e. The highest BCUT2D eigenvalue weighted by atomic mass is 32.2. The lowest BCUT2D eigenvalue weighted by molar-refractivity contribution is -0.113. The second kappa shape index (κ2) is 10.4. The van der Waals surface area contributed by atoms with Crippen LogP contribution in [-0.4, -0.2) is 34.3 Å². The van der Waals surface area contributed by atoms with Gasteiger partial charge in [0.25, 0.3) is 10.0 Å². The molecule has 0 aromatic heterocycles. The Labute approximate surface area is 192 Å². The monoisotopic (exact) mass is 472 g/mol. The van der Waals surface area contributed by atoms with E-state index >= 15 is 0 Å². The summed E-state index contributed by atoms with van der Waals surface area (Å²) in [5, 5.41) is 2.82. The van der Waals surface area contributed by atoms with Gasteiger partial charge in [-0.3, -0.25) is 9.52 Å². The van der Waals surface area contributed by atoms with Gasteiger partial charge >= 0.3 is 0 Å². The van der Waals surface area contributed by atoms with Gasteiger partial charge in [-0.25, -0.2) is 8.42 Å². The molecule has 0 saturated heterocycles. The molecule has 168 valence electrons. The number of aryl methyl sites for hydroxylation is 1. The maximum atomic E-state index is 12.5. The molecule has 0 radical (unpaired) electrons. The van der Waals surface area contributed by atoms with Crippen LogP contribution in [0.15, 0.2) is 76.5 Å². The third kappa shape index (κ3) is 6.18. The number of methoxy groups -OCH3 is 2. The molecule has 0 atom stereocenters. The van der Waals surface area contributed by atoms with Crippen molar-refractivity contribution in [1.82, 2.24) is 0 Å². The van der Waals surface area contributed by atoms with Gasteiger partial charge in [-0.05, 0) is 55.5 Å². The van der Waals surface area contributed by atoms with Crippen molar-refractivity contribution < 1.29 is 22.7 Å². The summed E-state index contributed by atoms with van der Waals surface area (Å²) in [4.78, 5) is 13.4. The molecule has 3 aromatic rings. The van der Waals surface area contributed by atoms with Crippen molar-refractivity contribution in [2.75, 3.05) is 30.0 Å². The number of thioether (sulfide) groups is 1. The van der Waals surface area contributed by atoms with E-state index in [0.29, 0.717) is 22.9 Å². The van der Waals surface area contributed by atoms with Crippen molar-refractivity contribution >= 4 is 39.1 Å². The van der Waals surface area contributed by atoms with Crippen LogP contribution in [0.2, 0.25) is 0 Å². The number of carbonyl (C=O) groups excluding carboxylic acids is 1. The summed E-state index contributed by atoms with van der Waals surface area (Å²) in [5.41, 5.74) is 1.99. The fourth-order valence-corrected chi connectivity index (χ4v) is 4.54. The molecule has 0 saturated carbocycles. The van der Waals surface area contributed by atoms with E-state index in [-0.39, 0.29) is 16.6 Å². The molecule has 3 aromatic carbocycles. The number of benzene rings is 3. The van der Waals surface area contributed by atoms with Crippen LogP contribution in [0.25, 0.3) is 0 Å². The highest BCUT2D eigenvalue weighted by Crippen LogP contribution is 2.29. The Morgan fingerprint density at radius 3 is 2.25 bits per heavy atom. The first-order chi connectivity index (χ1) is 15.3. The second-order valence-electron chi connectivity index (χ2n) is 6.85. The molecule has 0 fully saturated rings. The van der Waals surface area contributed by atoms with Crippen LogP contribution >= 0.6 is 11.8 Å². The summed E-state index contributed by atoms with van der Waals surface area (Å²) in [6.45, 7) is 1.90. The van der Waals surface area contributed by atoms with E-state index in [4.69, 9.17) is 9.47 Å². The summed E-state index contributed by atoms with van der Waals surface area (Å²) in [6.07, 6.45) is 0. The number of sulfonamides is 1. The van der Waals surface area contributed by atoms with Crippen LogP contribution in [-0.2, 0) is 14.8 Å². The number of carbonyl (C=O) groups is 1. The van der Waals surface area contributed by atoms with Crippen LogP contribution < -0.4 is 19.5 Å². The van der Waals surface area contributed by atoms with Gasteiger partial charge in [-0.2, -0.15) is 0 Å². The third-order valence-electron chi connectivity index (χ3n) is 4.49. The van der Waals surface area contributed by atoms with Gasteiger partial charge in [0.15, 0.2) is 0 Å². The molecule has 9 heteroatoms. The lowest BCUT2D eigenvalue weighted by atomic mass is 10.2. The highest BCUT2D eigenvalue weighted by Gasteiger charge is 2.14. The maximum absolute atomic E-state index is 12.5. The predicted molar refractivity (Wildman–Crippen MR) is 127 cm³/mol. The van der Waals surface area contributed by atoms with Crippen molar-refractivity contribution in [3.63, 3.8) is 0 Å². The molecule has 32 heavy (non-hydrogen) atoms. The molecule has 0 aliphatic heterocycles. The van der Waals surface area contributed by atoms with E-state index in [0.717, 1.165) is 10.5 Å². The minimum absolute atomic E-state index is 0.184. The van der Waals surface area contributed by atoms with Crippen LogP contribution in [0.4, 0.5) is 11.4 Å². The van der Waals surface area contributed by atoms with Gasteiger partial charge in [0, 0.05) is 16.6 Å². The summed E-state index contributed by atoms with van der Waals surface area (Å²) < 4.78 is 38.0. The average Bonchev–Trinajstić information content (AvgIpc) is 2.79. The second-order valence-corrected chi connectivity index (χ2v) is 9.58. The van der Waals surface area contributed by atoms with Gasteiger partial charge in [0.2, 0.25) is 5.91 Å². The van der Waals surface area contributed by atoms with Crippen molar-refractivity contribution in [2.45, 2.75) is 16.7 Å². The van der Waals surface area contributed by atoms with Crippen molar-refractivity contribution in [1.29, 1.82) is 0 Å². The SMILES string of the molecule is COc1ccc(NC(=O)CSc2ccc(NS(=O)(=O)c3ccc(C)cc3)cc2)c(OC)c1. The molecule has 2 N–H and O–H groups in total. The summed E-state index contributed by atoms with van der Waals surface area (Å²) in [6, 6.07) is 18.6. The van der Waals surface area contributed by atoms with Crippen LogP contribution in [0.1, 0.15) is 5.56 Å². The molecule has 1 amide bonds. The Morgan fingerprint density at radius 1 is 0.938 bits per heavy atom. The fourth-order valence-electron chi connectivity index (χ4n) is 2.79. The molecule has 0 aliphatic carbocycles. The molecule has 7 nitrogen and oxygen atoms in total. The van der Waals surface area contributed by atoms with E-state index in [1.807, 2.05) is 6.92 Å². The quantitative estimate of drug-likeness (QED) is 0.444. The Morgan fingerprint density at radius 2 is 1.62 bits per heavy atom. The van der Waals surface area contributed by atoms with Crippen molar-refractivity contribution in [3.05, 3.63) is 72.3 Å². The average molecular weight is 473 g/mol. The van der Waals surface area contributed by atoms with E-state index in [1.54, 1.807) is 73.8 Å². The van der Waals surface area contributed by atoms with E-state index < -0.39 is 10.0 Å². The van der Waals surface area contributed by atoms with Gasteiger partial charge in [-0.1, -0.05) is 17.7 Å². The van der Waals surface area contributed by atoms with E-state index in [9.17, 15) is 13.2 Å². The first kappa shape index (κ1) is 23.5. The van der Waals surface area contributed by atoms with Gasteiger partial charge < -0.3 is 14.8 Å². The van der Waals surface area contributed by atoms with Crippen molar-refractivity contribution in [2.24, 2.45) is 0 Å². The Hall–Kier alpha value is -3.17. The summed E-state index contributed by atoms with van der Waals surface area (Å²) in [7, 11) is -0.577. The molecule has 3 rings (SSSR count). The van der Waals surface area contributed by atoms with E-state index in [2.05, 4.69) is 10.0 Å². The minimum atomic E-state index is -3.66. The smallest absolute Gasteiger partial charge is 0.261 e. The highest BCUT2D eigenvalue weighted by molar-refractivity contribution is 8.00. The summed E-state index contributed by atoms with van der Waals surface area (Å²) in [5.74, 6) is 1.13. The maximum Gasteiger partial charge on any atom is 0.261 e. The van der Waals surface area contributed by atoms with Crippen LogP contribution in [0.5, 0.6) is 11.5 Å². The normalized spacial score (nSPS) is 11.0. The molecule has 0 spiro atoms. The molecule has 0 bridgehead atoms. The lowest BCUT2D eigenvalue weighted by Crippen LogP contribution is -2.14. The van der Waals surface area contributed by atoms with Gasteiger partial charge in [-0.15, -0.1) is 11.8 Å². The zero-order chi connectivity index (χ0) is 23.1.